The van der Waals surface area contributed by atoms with Crippen LogP contribution in [0.5, 0.6) is 0 Å². The van der Waals surface area contributed by atoms with E-state index in [2.05, 4.69) is 12.2 Å². The molecule has 0 aromatic heterocycles. The van der Waals surface area contributed by atoms with Crippen LogP contribution in [0.15, 0.2) is 11.8 Å². The van der Waals surface area contributed by atoms with Gasteiger partial charge in [-0.3, -0.25) is 14.4 Å². The molecule has 1 fully saturated rings. The smallest absolute Gasteiger partial charge is 0.333 e. The summed E-state index contributed by atoms with van der Waals surface area (Å²) in [5.41, 5.74) is 0. The Balaban J connectivity index is 2.28. The van der Waals surface area contributed by atoms with Crippen molar-refractivity contribution in [1.29, 1.82) is 0 Å². The maximum atomic E-state index is 12.0. The Morgan fingerprint density at radius 2 is 1.70 bits per heavy atom. The zero-order chi connectivity index (χ0) is 20.1. The fourth-order valence-corrected chi connectivity index (χ4v) is 2.95. The van der Waals surface area contributed by atoms with Gasteiger partial charge < -0.3 is 10.1 Å². The van der Waals surface area contributed by atoms with Gasteiger partial charge in [-0.1, -0.05) is 52.4 Å². The van der Waals surface area contributed by atoms with E-state index in [0.29, 0.717) is 25.0 Å². The molecule has 1 rings (SSSR count). The van der Waals surface area contributed by atoms with Crippen molar-refractivity contribution in [2.24, 2.45) is 0 Å². The fraction of sp³-hybridized carbons (Fsp3) is 0.714. The molecule has 1 atom stereocenters. The van der Waals surface area contributed by atoms with Crippen molar-refractivity contribution in [3.05, 3.63) is 11.8 Å². The van der Waals surface area contributed by atoms with Crippen LogP contribution < -0.4 is 5.32 Å². The van der Waals surface area contributed by atoms with Gasteiger partial charge in [0.2, 0.25) is 11.7 Å². The molecule has 0 spiro atoms. The highest BCUT2D eigenvalue weighted by molar-refractivity contribution is 6.37. The zero-order valence-electron chi connectivity index (χ0n) is 16.7. The van der Waals surface area contributed by atoms with Crippen molar-refractivity contribution >= 4 is 23.4 Å². The summed E-state index contributed by atoms with van der Waals surface area (Å²) >= 11 is 0. The third-order valence-electron chi connectivity index (χ3n) is 4.69. The number of hydrogen-bond donors (Lipinski definition) is 1. The molecule has 0 unspecified atom stereocenters. The summed E-state index contributed by atoms with van der Waals surface area (Å²) in [5.74, 6) is -1.12. The van der Waals surface area contributed by atoms with E-state index in [1.54, 1.807) is 6.92 Å². The molecule has 1 N–H and O–H groups in total. The molecular weight excluding hydrogens is 346 g/mol. The highest BCUT2D eigenvalue weighted by Gasteiger charge is 2.29. The van der Waals surface area contributed by atoms with Gasteiger partial charge in [-0.05, 0) is 18.9 Å². The van der Waals surface area contributed by atoms with Gasteiger partial charge in [0.25, 0.3) is 0 Å². The molecule has 1 amide bonds. The Kier molecular flexibility index (Phi) is 11.3. The van der Waals surface area contributed by atoms with Crippen LogP contribution in [0.1, 0.15) is 90.9 Å². The second-order valence-electron chi connectivity index (χ2n) is 7.03. The minimum Gasteiger partial charge on any atom is -0.430 e. The number of nitrogens with one attached hydrogen (secondary N) is 1. The van der Waals surface area contributed by atoms with Crippen molar-refractivity contribution in [3.8, 4) is 0 Å². The molecular formula is C21H33NO5. The van der Waals surface area contributed by atoms with E-state index in [1.807, 2.05) is 0 Å². The van der Waals surface area contributed by atoms with Gasteiger partial charge >= 0.3 is 5.97 Å². The number of allylic oxidation sites excluding steroid dienone is 2. The molecule has 0 aromatic rings. The molecule has 27 heavy (non-hydrogen) atoms. The van der Waals surface area contributed by atoms with E-state index < -0.39 is 17.8 Å². The molecule has 152 valence electrons. The van der Waals surface area contributed by atoms with Crippen LogP contribution >= 0.6 is 0 Å². The number of amides is 1. The van der Waals surface area contributed by atoms with E-state index in [4.69, 9.17) is 4.74 Å². The van der Waals surface area contributed by atoms with Crippen molar-refractivity contribution in [2.45, 2.75) is 96.9 Å². The molecule has 1 aliphatic rings. The first-order valence-corrected chi connectivity index (χ1v) is 10.2. The highest BCUT2D eigenvalue weighted by Crippen LogP contribution is 2.13. The van der Waals surface area contributed by atoms with Crippen LogP contribution in [0, 0.1) is 0 Å². The SMILES string of the molecule is CCCCCCCCCC(=O)C(=O)CC=C(CC)OC(=O)[C@@H]1CCC(=O)N1. The number of esters is 1. The predicted molar refractivity (Wildman–Crippen MR) is 103 cm³/mol. The minimum absolute atomic E-state index is 0.0528. The summed E-state index contributed by atoms with van der Waals surface area (Å²) in [5, 5.41) is 2.55. The normalized spacial score (nSPS) is 16.9. The molecule has 0 aromatic carbocycles. The molecule has 1 heterocycles. The summed E-state index contributed by atoms with van der Waals surface area (Å²) in [6.07, 6.45) is 10.6. The molecule has 6 nitrogen and oxygen atoms in total. The van der Waals surface area contributed by atoms with Gasteiger partial charge in [-0.15, -0.1) is 0 Å². The lowest BCUT2D eigenvalue weighted by Crippen LogP contribution is -2.34. The van der Waals surface area contributed by atoms with Crippen molar-refractivity contribution in [1.82, 2.24) is 5.32 Å². The summed E-state index contributed by atoms with van der Waals surface area (Å²) in [6, 6.07) is -0.623. The highest BCUT2D eigenvalue weighted by atomic mass is 16.5. The molecule has 0 radical (unpaired) electrons. The molecule has 1 aliphatic heterocycles. The van der Waals surface area contributed by atoms with Crippen molar-refractivity contribution in [3.63, 3.8) is 0 Å². The van der Waals surface area contributed by atoms with Crippen molar-refractivity contribution < 1.29 is 23.9 Å². The number of rotatable bonds is 14. The van der Waals surface area contributed by atoms with Crippen LogP contribution in [0.25, 0.3) is 0 Å². The third-order valence-corrected chi connectivity index (χ3v) is 4.69. The molecule has 6 heteroatoms. The zero-order valence-corrected chi connectivity index (χ0v) is 16.7. The summed E-state index contributed by atoms with van der Waals surface area (Å²) in [4.78, 5) is 47.0. The second kappa shape index (κ2) is 13.2. The lowest BCUT2D eigenvalue weighted by atomic mass is 10.0. The van der Waals surface area contributed by atoms with Crippen LogP contribution in [-0.4, -0.2) is 29.5 Å². The average molecular weight is 379 g/mol. The van der Waals surface area contributed by atoms with Gasteiger partial charge in [0.05, 0.1) is 0 Å². The van der Waals surface area contributed by atoms with E-state index >= 15 is 0 Å². The Labute approximate surface area is 162 Å². The standard InChI is InChI=1S/C21H33NO5/c1-3-5-6-7-8-9-10-11-18(23)19(24)14-12-16(4-2)27-21(26)17-13-15-20(25)22-17/h12,17H,3-11,13-15H2,1-2H3,(H,22,25)/t17-/m0/s1. The summed E-state index contributed by atoms with van der Waals surface area (Å²) in [7, 11) is 0. The molecule has 0 aliphatic carbocycles. The fourth-order valence-electron chi connectivity index (χ4n) is 2.95. The minimum atomic E-state index is -0.623. The molecule has 0 saturated carbocycles. The first kappa shape index (κ1) is 23.1. The first-order valence-electron chi connectivity index (χ1n) is 10.2. The quantitative estimate of drug-likeness (QED) is 0.215. The van der Waals surface area contributed by atoms with Gasteiger partial charge in [-0.2, -0.15) is 0 Å². The van der Waals surface area contributed by atoms with E-state index in [1.165, 1.54) is 31.8 Å². The van der Waals surface area contributed by atoms with Crippen LogP contribution in [-0.2, 0) is 23.9 Å². The Morgan fingerprint density at radius 3 is 2.30 bits per heavy atom. The number of ketones is 2. The Bertz CT molecular complexity index is 553. The lowest BCUT2D eigenvalue weighted by Gasteiger charge is -2.11. The lowest BCUT2D eigenvalue weighted by molar-refractivity contribution is -0.142. The van der Waals surface area contributed by atoms with Crippen LogP contribution in [0.4, 0.5) is 0 Å². The largest absolute Gasteiger partial charge is 0.430 e. The van der Waals surface area contributed by atoms with E-state index in [0.717, 1.165) is 19.3 Å². The van der Waals surface area contributed by atoms with E-state index in [9.17, 15) is 19.2 Å². The van der Waals surface area contributed by atoms with Gasteiger partial charge in [0.15, 0.2) is 5.78 Å². The average Bonchev–Trinajstić information content (AvgIpc) is 3.10. The summed E-state index contributed by atoms with van der Waals surface area (Å²) in [6.45, 7) is 3.98. The van der Waals surface area contributed by atoms with Crippen LogP contribution in [0.2, 0.25) is 0 Å². The maximum Gasteiger partial charge on any atom is 0.333 e. The maximum absolute atomic E-state index is 12.0. The topological polar surface area (TPSA) is 89.5 Å². The van der Waals surface area contributed by atoms with Crippen LogP contribution in [0.3, 0.4) is 0 Å². The number of hydrogen-bond acceptors (Lipinski definition) is 5. The molecule has 0 bridgehead atoms. The first-order chi connectivity index (χ1) is 13.0. The second-order valence-corrected chi connectivity index (χ2v) is 7.03. The Morgan fingerprint density at radius 1 is 1.04 bits per heavy atom. The number of carbonyl (C=O) groups excluding carboxylic acids is 4. The monoisotopic (exact) mass is 379 g/mol. The van der Waals surface area contributed by atoms with Crippen molar-refractivity contribution in [2.75, 3.05) is 0 Å². The number of unbranched alkanes of at least 4 members (excludes halogenated alkanes) is 6. The number of Topliss-reactive ketones (excluding diaryl/α,β-unsaturated/α-hetero) is 2. The van der Waals surface area contributed by atoms with Gasteiger partial charge in [0, 0.05) is 25.7 Å². The predicted octanol–water partition coefficient (Wildman–Crippen LogP) is 3.77. The van der Waals surface area contributed by atoms with Gasteiger partial charge in [-0.25, -0.2) is 4.79 Å². The molecule has 1 saturated heterocycles. The Hall–Kier alpha value is -1.98. The third kappa shape index (κ3) is 9.50. The number of ether oxygens (including phenoxy) is 1. The van der Waals surface area contributed by atoms with E-state index in [-0.39, 0.29) is 24.5 Å². The summed E-state index contributed by atoms with van der Waals surface area (Å²) < 4.78 is 5.25. The van der Waals surface area contributed by atoms with Gasteiger partial charge in [0.1, 0.15) is 11.8 Å². The number of carbonyl (C=O) groups is 4.